The van der Waals surface area contributed by atoms with Gasteiger partial charge in [-0.1, -0.05) is 38.0 Å². The molecule has 0 saturated carbocycles. The van der Waals surface area contributed by atoms with Crippen molar-refractivity contribution in [1.82, 2.24) is 5.06 Å². The van der Waals surface area contributed by atoms with Crippen molar-refractivity contribution >= 4 is 17.8 Å². The molecule has 1 aromatic rings. The highest BCUT2D eigenvalue weighted by molar-refractivity contribution is 6.20. The van der Waals surface area contributed by atoms with E-state index in [0.29, 0.717) is 5.06 Å². The van der Waals surface area contributed by atoms with E-state index in [1.54, 1.807) is 32.9 Å². The second-order valence-corrected chi connectivity index (χ2v) is 5.72. The van der Waals surface area contributed by atoms with E-state index < -0.39 is 29.0 Å². The summed E-state index contributed by atoms with van der Waals surface area (Å²) in [5.41, 5.74) is -0.0853. The molecule has 2 rings (SSSR count). The summed E-state index contributed by atoms with van der Waals surface area (Å²) in [7, 11) is 0. The number of hydrogen-bond donors (Lipinski definition) is 1. The van der Waals surface area contributed by atoms with Gasteiger partial charge in [0.05, 0.1) is 11.1 Å². The van der Waals surface area contributed by atoms with Crippen LogP contribution in [0.2, 0.25) is 0 Å². The maximum atomic E-state index is 12.1. The summed E-state index contributed by atoms with van der Waals surface area (Å²) in [5.74, 6) is -3.15. The fourth-order valence-electron chi connectivity index (χ4n) is 1.87. The van der Waals surface area contributed by atoms with Gasteiger partial charge in [-0.2, -0.15) is 0 Å². The molecule has 21 heavy (non-hydrogen) atoms. The number of rotatable bonds is 3. The zero-order valence-corrected chi connectivity index (χ0v) is 11.9. The maximum absolute atomic E-state index is 12.1. The Balaban J connectivity index is 2.33. The zero-order valence-electron chi connectivity index (χ0n) is 11.9. The summed E-state index contributed by atoms with van der Waals surface area (Å²) >= 11 is 0. The van der Waals surface area contributed by atoms with Crippen molar-refractivity contribution in [3.63, 3.8) is 0 Å². The Labute approximate surface area is 121 Å². The lowest BCUT2D eigenvalue weighted by Crippen LogP contribution is -2.31. The average molecular weight is 289 g/mol. The molecule has 1 N–H and O–H groups in total. The fourth-order valence-corrected chi connectivity index (χ4v) is 1.87. The van der Waals surface area contributed by atoms with Crippen molar-refractivity contribution in [3.8, 4) is 0 Å². The van der Waals surface area contributed by atoms with Crippen LogP contribution in [-0.4, -0.2) is 28.0 Å². The molecule has 1 heterocycles. The first-order valence-corrected chi connectivity index (χ1v) is 6.32. The molecular weight excluding hydrogens is 274 g/mol. The van der Waals surface area contributed by atoms with Crippen molar-refractivity contribution < 1.29 is 24.3 Å². The third-order valence-corrected chi connectivity index (χ3v) is 2.72. The standard InChI is InChI=1S/C15H15NO5/c1-15(2,3)8-11(14(19)20)21-16-12(17)9-6-4-5-7-10(9)13(16)18/h4-8H,1-3H3,(H,19,20). The second-order valence-electron chi connectivity index (χ2n) is 5.72. The molecule has 0 fully saturated rings. The first-order chi connectivity index (χ1) is 9.70. The van der Waals surface area contributed by atoms with Crippen LogP contribution in [0.15, 0.2) is 36.1 Å². The summed E-state index contributed by atoms with van der Waals surface area (Å²) in [6.07, 6.45) is 1.35. The molecule has 6 nitrogen and oxygen atoms in total. The molecule has 1 aliphatic rings. The van der Waals surface area contributed by atoms with Gasteiger partial charge in [0.15, 0.2) is 0 Å². The quantitative estimate of drug-likeness (QED) is 0.524. The smallest absolute Gasteiger partial charge is 0.374 e. The fraction of sp³-hybridized carbons (Fsp3) is 0.267. The van der Waals surface area contributed by atoms with Gasteiger partial charge < -0.3 is 9.94 Å². The lowest BCUT2D eigenvalue weighted by molar-refractivity contribution is -0.143. The number of allylic oxidation sites excluding steroid dienone is 1. The highest BCUT2D eigenvalue weighted by Gasteiger charge is 2.38. The van der Waals surface area contributed by atoms with Crippen molar-refractivity contribution in [3.05, 3.63) is 47.2 Å². The number of hydroxylamine groups is 2. The molecule has 1 aliphatic heterocycles. The SMILES string of the molecule is CC(C)(C)C=C(ON1C(=O)c2ccccc2C1=O)C(=O)O. The topological polar surface area (TPSA) is 83.9 Å². The van der Waals surface area contributed by atoms with E-state index in [1.807, 2.05) is 0 Å². The summed E-state index contributed by atoms with van der Waals surface area (Å²) in [6, 6.07) is 6.23. The Morgan fingerprint density at radius 2 is 1.62 bits per heavy atom. The summed E-state index contributed by atoms with van der Waals surface area (Å²) in [6.45, 7) is 5.34. The Morgan fingerprint density at radius 1 is 1.14 bits per heavy atom. The molecule has 0 atom stereocenters. The minimum atomic E-state index is -1.35. The summed E-state index contributed by atoms with van der Waals surface area (Å²) in [5, 5.41) is 9.63. The van der Waals surface area contributed by atoms with Gasteiger partial charge >= 0.3 is 5.97 Å². The monoisotopic (exact) mass is 289 g/mol. The van der Waals surface area contributed by atoms with Gasteiger partial charge in [-0.25, -0.2) is 4.79 Å². The van der Waals surface area contributed by atoms with Gasteiger partial charge in [0.1, 0.15) is 0 Å². The number of aliphatic carboxylic acids is 1. The molecule has 0 bridgehead atoms. The van der Waals surface area contributed by atoms with Crippen molar-refractivity contribution in [2.45, 2.75) is 20.8 Å². The number of nitrogens with zero attached hydrogens (tertiary/aromatic N) is 1. The first kappa shape index (κ1) is 14.8. The molecule has 0 aromatic heterocycles. The maximum Gasteiger partial charge on any atom is 0.374 e. The predicted molar refractivity (Wildman–Crippen MR) is 73.2 cm³/mol. The Hall–Kier alpha value is -2.63. The highest BCUT2D eigenvalue weighted by Crippen LogP contribution is 2.25. The minimum Gasteiger partial charge on any atom is -0.475 e. The van der Waals surface area contributed by atoms with Crippen LogP contribution < -0.4 is 0 Å². The number of amides is 2. The molecule has 0 radical (unpaired) electrons. The molecule has 1 aromatic carbocycles. The average Bonchev–Trinajstić information content (AvgIpc) is 2.62. The van der Waals surface area contributed by atoms with Gasteiger partial charge in [-0.15, -0.1) is 0 Å². The molecule has 0 unspecified atom stereocenters. The van der Waals surface area contributed by atoms with Gasteiger partial charge in [-0.3, -0.25) is 9.59 Å². The Morgan fingerprint density at radius 3 is 2.00 bits per heavy atom. The van der Waals surface area contributed by atoms with Gasteiger partial charge in [0.25, 0.3) is 11.8 Å². The van der Waals surface area contributed by atoms with Crippen LogP contribution >= 0.6 is 0 Å². The number of carboxylic acid groups (broad SMARTS) is 1. The summed E-state index contributed by atoms with van der Waals surface area (Å²) < 4.78 is 0. The van der Waals surface area contributed by atoms with E-state index in [2.05, 4.69) is 0 Å². The Bertz CT molecular complexity index is 619. The third-order valence-electron chi connectivity index (χ3n) is 2.72. The van der Waals surface area contributed by atoms with E-state index in [9.17, 15) is 14.4 Å². The number of carbonyl (C=O) groups excluding carboxylic acids is 2. The van der Waals surface area contributed by atoms with Gasteiger partial charge in [0.2, 0.25) is 5.76 Å². The van der Waals surface area contributed by atoms with Crippen molar-refractivity contribution in [1.29, 1.82) is 0 Å². The van der Waals surface area contributed by atoms with Crippen LogP contribution in [-0.2, 0) is 9.63 Å². The van der Waals surface area contributed by atoms with Gasteiger partial charge in [0, 0.05) is 0 Å². The van der Waals surface area contributed by atoms with Crippen LogP contribution in [0.4, 0.5) is 0 Å². The summed E-state index contributed by atoms with van der Waals surface area (Å²) in [4.78, 5) is 40.4. The number of carboxylic acids is 1. The number of fused-ring (bicyclic) bond motifs is 1. The zero-order chi connectivity index (χ0) is 15.8. The first-order valence-electron chi connectivity index (χ1n) is 6.32. The molecular formula is C15H15NO5. The van der Waals surface area contributed by atoms with Crippen LogP contribution in [0.1, 0.15) is 41.5 Å². The largest absolute Gasteiger partial charge is 0.475 e. The number of benzene rings is 1. The van der Waals surface area contributed by atoms with Crippen LogP contribution in [0, 0.1) is 5.41 Å². The lowest BCUT2D eigenvalue weighted by Gasteiger charge is -2.18. The normalized spacial score (nSPS) is 15.2. The predicted octanol–water partition coefficient (Wildman–Crippen LogP) is 2.23. The third kappa shape index (κ3) is 2.94. The molecule has 0 aliphatic carbocycles. The number of imide groups is 1. The molecule has 2 amide bonds. The Kier molecular flexibility index (Phi) is 3.55. The molecule has 0 saturated heterocycles. The number of hydrogen-bond acceptors (Lipinski definition) is 4. The molecule has 0 spiro atoms. The van der Waals surface area contributed by atoms with Crippen LogP contribution in [0.25, 0.3) is 0 Å². The molecule has 6 heteroatoms. The van der Waals surface area contributed by atoms with E-state index in [4.69, 9.17) is 9.94 Å². The van der Waals surface area contributed by atoms with Crippen LogP contribution in [0.3, 0.4) is 0 Å². The van der Waals surface area contributed by atoms with E-state index >= 15 is 0 Å². The van der Waals surface area contributed by atoms with Crippen molar-refractivity contribution in [2.24, 2.45) is 5.41 Å². The number of carbonyl (C=O) groups is 3. The minimum absolute atomic E-state index is 0.197. The van der Waals surface area contributed by atoms with Gasteiger partial charge in [-0.05, 0) is 23.6 Å². The molecule has 110 valence electrons. The van der Waals surface area contributed by atoms with E-state index in [0.717, 1.165) is 0 Å². The lowest BCUT2D eigenvalue weighted by atomic mass is 9.96. The van der Waals surface area contributed by atoms with Crippen LogP contribution in [0.5, 0.6) is 0 Å². The van der Waals surface area contributed by atoms with Crippen molar-refractivity contribution in [2.75, 3.05) is 0 Å². The van der Waals surface area contributed by atoms with E-state index in [1.165, 1.54) is 18.2 Å². The second kappa shape index (κ2) is 5.05. The van der Waals surface area contributed by atoms with E-state index in [-0.39, 0.29) is 11.1 Å². The highest BCUT2D eigenvalue weighted by atomic mass is 16.7.